The van der Waals surface area contributed by atoms with Crippen molar-refractivity contribution in [2.75, 3.05) is 26.1 Å². The van der Waals surface area contributed by atoms with Crippen molar-refractivity contribution in [2.45, 2.75) is 6.54 Å². The highest BCUT2D eigenvalue weighted by molar-refractivity contribution is 5.93. The molecular weight excluding hydrogens is 465 g/mol. The Bertz CT molecular complexity index is 1380. The topological polar surface area (TPSA) is 90.0 Å². The van der Waals surface area contributed by atoms with Crippen LogP contribution < -0.4 is 19.5 Å². The van der Waals surface area contributed by atoms with Gasteiger partial charge in [0.05, 0.1) is 26.3 Å². The van der Waals surface area contributed by atoms with Crippen molar-refractivity contribution in [3.05, 3.63) is 84.3 Å². The molecule has 0 saturated heterocycles. The smallest absolute Gasteiger partial charge is 0.244 e. The number of amides is 2. The number of ether oxygens (including phenoxy) is 3. The Balaban J connectivity index is 1.46. The third-order valence-electron chi connectivity index (χ3n) is 5.37. The number of halogens is 1. The number of fused-ring (bicyclic) bond motifs is 1. The number of hydrogen-bond acceptors (Lipinski definition) is 6. The lowest BCUT2D eigenvalue weighted by Gasteiger charge is -2.17. The molecular formula is C27H24FN3O5. The maximum absolute atomic E-state index is 14.9. The van der Waals surface area contributed by atoms with Gasteiger partial charge in [0.15, 0.2) is 23.1 Å². The molecule has 0 spiro atoms. The first-order valence-corrected chi connectivity index (χ1v) is 11.0. The second-order valence-corrected chi connectivity index (χ2v) is 7.82. The van der Waals surface area contributed by atoms with E-state index in [0.29, 0.717) is 34.6 Å². The predicted octanol–water partition coefficient (Wildman–Crippen LogP) is 4.78. The number of hydrogen-bond donors (Lipinski definition) is 1. The number of carbonyl (C=O) groups is 2. The highest BCUT2D eigenvalue weighted by Gasteiger charge is 2.15. The molecule has 1 aromatic heterocycles. The molecule has 0 bridgehead atoms. The number of methoxy groups -OCH3 is 2. The zero-order chi connectivity index (χ0) is 25.5. The second kappa shape index (κ2) is 11.2. The summed E-state index contributed by atoms with van der Waals surface area (Å²) >= 11 is 0. The number of carbonyl (C=O) groups excluding carboxylic acids is 2. The summed E-state index contributed by atoms with van der Waals surface area (Å²) in [6, 6.07) is 18.4. The Kier molecular flexibility index (Phi) is 7.60. The average molecular weight is 490 g/mol. The van der Waals surface area contributed by atoms with Crippen LogP contribution in [0.1, 0.15) is 5.56 Å². The zero-order valence-corrected chi connectivity index (χ0v) is 19.7. The minimum atomic E-state index is -0.672. The molecule has 0 saturated carbocycles. The molecule has 1 N–H and O–H groups in total. The fourth-order valence-electron chi connectivity index (χ4n) is 3.65. The van der Waals surface area contributed by atoms with Crippen molar-refractivity contribution < 1.29 is 28.2 Å². The van der Waals surface area contributed by atoms with Crippen LogP contribution in [0.3, 0.4) is 0 Å². The van der Waals surface area contributed by atoms with E-state index >= 15 is 0 Å². The number of pyridine rings is 1. The molecule has 8 nitrogen and oxygen atoms in total. The van der Waals surface area contributed by atoms with Crippen LogP contribution in [0.2, 0.25) is 0 Å². The van der Waals surface area contributed by atoms with Crippen LogP contribution in [0, 0.1) is 5.82 Å². The van der Waals surface area contributed by atoms with Crippen molar-refractivity contribution in [1.29, 1.82) is 0 Å². The minimum absolute atomic E-state index is 0.0334. The molecule has 36 heavy (non-hydrogen) atoms. The number of nitrogens with zero attached hydrogens (tertiary/aromatic N) is 2. The Labute approximate surface area is 207 Å². The first-order valence-electron chi connectivity index (χ1n) is 11.0. The molecule has 0 radical (unpaired) electrons. The summed E-state index contributed by atoms with van der Waals surface area (Å²) in [4.78, 5) is 29.5. The molecule has 4 rings (SSSR count). The van der Waals surface area contributed by atoms with Gasteiger partial charge in [0.1, 0.15) is 5.75 Å². The Morgan fingerprint density at radius 1 is 0.972 bits per heavy atom. The maximum Gasteiger partial charge on any atom is 0.244 e. The number of rotatable bonds is 10. The van der Waals surface area contributed by atoms with Crippen molar-refractivity contribution in [3.63, 3.8) is 0 Å². The normalized spacial score (nSPS) is 10.5. The fraction of sp³-hybridized carbons (Fsp3) is 0.148. The summed E-state index contributed by atoms with van der Waals surface area (Å²) in [6.45, 7) is 0.113. The van der Waals surface area contributed by atoms with E-state index in [-0.39, 0.29) is 24.5 Å². The lowest BCUT2D eigenvalue weighted by Crippen LogP contribution is -2.31. The Morgan fingerprint density at radius 3 is 2.42 bits per heavy atom. The van der Waals surface area contributed by atoms with E-state index in [0.717, 1.165) is 11.6 Å². The molecule has 184 valence electrons. The van der Waals surface area contributed by atoms with E-state index in [4.69, 9.17) is 14.2 Å². The molecule has 0 fully saturated rings. The first kappa shape index (κ1) is 24.5. The van der Waals surface area contributed by atoms with Gasteiger partial charge in [-0.15, -0.1) is 0 Å². The summed E-state index contributed by atoms with van der Waals surface area (Å²) < 4.78 is 31.3. The van der Waals surface area contributed by atoms with Crippen LogP contribution in [0.5, 0.6) is 23.0 Å². The highest BCUT2D eigenvalue weighted by atomic mass is 19.1. The summed E-state index contributed by atoms with van der Waals surface area (Å²) in [7, 11) is 3.04. The van der Waals surface area contributed by atoms with Gasteiger partial charge >= 0.3 is 0 Å². The number of aromatic nitrogens is 1. The summed E-state index contributed by atoms with van der Waals surface area (Å²) in [5.74, 6) is 0.214. The van der Waals surface area contributed by atoms with Gasteiger partial charge in [-0.3, -0.25) is 14.6 Å². The number of anilines is 1. The zero-order valence-electron chi connectivity index (χ0n) is 19.7. The Hall–Kier alpha value is -4.66. The van der Waals surface area contributed by atoms with E-state index in [9.17, 15) is 14.0 Å². The molecule has 0 aliphatic carbocycles. The first-order chi connectivity index (χ1) is 17.5. The van der Waals surface area contributed by atoms with Gasteiger partial charge < -0.3 is 24.4 Å². The van der Waals surface area contributed by atoms with Crippen LogP contribution in [0.25, 0.3) is 10.9 Å². The van der Waals surface area contributed by atoms with Gasteiger partial charge in [0, 0.05) is 35.9 Å². The van der Waals surface area contributed by atoms with Crippen LogP contribution >= 0.6 is 0 Å². The summed E-state index contributed by atoms with van der Waals surface area (Å²) in [5.41, 5.74) is 1.72. The van der Waals surface area contributed by atoms with Gasteiger partial charge in [-0.05, 0) is 29.8 Å². The third-order valence-corrected chi connectivity index (χ3v) is 5.37. The third kappa shape index (κ3) is 5.69. The van der Waals surface area contributed by atoms with E-state index in [1.807, 2.05) is 30.3 Å². The van der Waals surface area contributed by atoms with E-state index in [1.165, 1.54) is 31.3 Å². The molecule has 0 atom stereocenters. The summed E-state index contributed by atoms with van der Waals surface area (Å²) in [6.07, 6.45) is 2.15. The Morgan fingerprint density at radius 2 is 1.72 bits per heavy atom. The van der Waals surface area contributed by atoms with Crippen LogP contribution in [0.4, 0.5) is 10.1 Å². The van der Waals surface area contributed by atoms with Crippen LogP contribution in [0.15, 0.2) is 72.9 Å². The monoisotopic (exact) mass is 489 g/mol. The van der Waals surface area contributed by atoms with Gasteiger partial charge in [-0.2, -0.15) is 0 Å². The van der Waals surface area contributed by atoms with Crippen LogP contribution in [-0.4, -0.2) is 43.0 Å². The average Bonchev–Trinajstić information content (AvgIpc) is 2.89. The van der Waals surface area contributed by atoms with Crippen molar-refractivity contribution >= 4 is 28.9 Å². The lowest BCUT2D eigenvalue weighted by atomic mass is 10.2. The van der Waals surface area contributed by atoms with Gasteiger partial charge in [-0.25, -0.2) is 4.39 Å². The number of benzene rings is 3. The molecule has 3 aromatic carbocycles. The second-order valence-electron chi connectivity index (χ2n) is 7.82. The minimum Gasteiger partial charge on any atom is -0.493 e. The highest BCUT2D eigenvalue weighted by Crippen LogP contribution is 2.37. The maximum atomic E-state index is 14.9. The van der Waals surface area contributed by atoms with Gasteiger partial charge in [0.25, 0.3) is 0 Å². The largest absolute Gasteiger partial charge is 0.493 e. The van der Waals surface area contributed by atoms with Crippen molar-refractivity contribution in [2.24, 2.45) is 0 Å². The molecule has 9 heteroatoms. The summed E-state index contributed by atoms with van der Waals surface area (Å²) in [5, 5.41) is 3.22. The molecule has 0 aliphatic heterocycles. The SMILES string of the molecule is COc1cc2nccc(Oc3ccc(NC(=O)CN(C=O)Cc4ccccc4)cc3F)c2cc1OC. The van der Waals surface area contributed by atoms with E-state index in [2.05, 4.69) is 10.3 Å². The predicted molar refractivity (Wildman–Crippen MR) is 133 cm³/mol. The van der Waals surface area contributed by atoms with Crippen molar-refractivity contribution in [1.82, 2.24) is 9.88 Å². The van der Waals surface area contributed by atoms with E-state index in [1.54, 1.807) is 24.4 Å². The standard InChI is InChI=1S/C27H24FN3O5/c1-34-25-13-20-22(14-26(25)35-2)29-11-10-23(20)36-24-9-8-19(12-21(24)28)30-27(33)16-31(17-32)15-18-6-4-3-5-7-18/h3-14,17H,15-16H2,1-2H3,(H,30,33). The van der Waals surface area contributed by atoms with Gasteiger partial charge in [0.2, 0.25) is 12.3 Å². The number of nitrogens with one attached hydrogen (secondary N) is 1. The molecule has 2 amide bonds. The van der Waals surface area contributed by atoms with Crippen molar-refractivity contribution in [3.8, 4) is 23.0 Å². The lowest BCUT2D eigenvalue weighted by molar-refractivity contribution is -0.125. The van der Waals surface area contributed by atoms with Gasteiger partial charge in [-0.1, -0.05) is 30.3 Å². The fourth-order valence-corrected chi connectivity index (χ4v) is 3.65. The quantitative estimate of drug-likeness (QED) is 0.323. The van der Waals surface area contributed by atoms with Crippen LogP contribution in [-0.2, 0) is 16.1 Å². The molecule has 0 aliphatic rings. The molecule has 4 aromatic rings. The molecule has 1 heterocycles. The van der Waals surface area contributed by atoms with E-state index < -0.39 is 11.7 Å². The molecule has 0 unspecified atom stereocenters.